The molecular formula is C18H28N2O2. The normalized spacial score (nSPS) is 10.9. The van der Waals surface area contributed by atoms with Gasteiger partial charge in [0.15, 0.2) is 0 Å². The Kier molecular flexibility index (Phi) is 7.09. The number of rotatable bonds is 7. The van der Waals surface area contributed by atoms with E-state index < -0.39 is 0 Å². The molecule has 0 fully saturated rings. The summed E-state index contributed by atoms with van der Waals surface area (Å²) >= 11 is 0. The molecule has 0 saturated carbocycles. The van der Waals surface area contributed by atoms with Crippen molar-refractivity contribution < 1.29 is 9.59 Å². The summed E-state index contributed by atoms with van der Waals surface area (Å²) in [5, 5.41) is 2.89. The Bertz CT molecular complexity index is 510. The molecule has 0 atom stereocenters. The number of anilines is 1. The van der Waals surface area contributed by atoms with Gasteiger partial charge in [-0.25, -0.2) is 0 Å². The van der Waals surface area contributed by atoms with Crippen molar-refractivity contribution >= 4 is 17.5 Å². The summed E-state index contributed by atoms with van der Waals surface area (Å²) in [4.78, 5) is 25.6. The average molecular weight is 304 g/mol. The molecule has 0 aromatic heterocycles. The lowest BCUT2D eigenvalue weighted by Gasteiger charge is -2.25. The quantitative estimate of drug-likeness (QED) is 0.840. The highest BCUT2D eigenvalue weighted by atomic mass is 16.2. The molecule has 0 aliphatic heterocycles. The largest absolute Gasteiger partial charge is 0.356 e. The molecule has 0 aliphatic rings. The first kappa shape index (κ1) is 18.2. The van der Waals surface area contributed by atoms with Gasteiger partial charge in [0.25, 0.3) is 0 Å². The van der Waals surface area contributed by atoms with Crippen molar-refractivity contribution in [2.75, 3.05) is 18.0 Å². The van der Waals surface area contributed by atoms with Crippen LogP contribution in [0, 0.1) is 5.92 Å². The fourth-order valence-corrected chi connectivity index (χ4v) is 2.29. The van der Waals surface area contributed by atoms with E-state index in [0.717, 1.165) is 11.3 Å². The van der Waals surface area contributed by atoms with Crippen LogP contribution in [0.1, 0.15) is 52.5 Å². The topological polar surface area (TPSA) is 49.4 Å². The number of amides is 2. The molecular weight excluding hydrogens is 276 g/mol. The van der Waals surface area contributed by atoms with Gasteiger partial charge in [-0.15, -0.1) is 0 Å². The van der Waals surface area contributed by atoms with E-state index in [4.69, 9.17) is 0 Å². The van der Waals surface area contributed by atoms with E-state index in [1.165, 1.54) is 0 Å². The van der Waals surface area contributed by atoms with Crippen LogP contribution in [0.4, 0.5) is 5.69 Å². The second-order valence-corrected chi connectivity index (χ2v) is 6.33. The van der Waals surface area contributed by atoms with Crippen molar-refractivity contribution in [3.63, 3.8) is 0 Å². The minimum atomic E-state index is -0.0373. The van der Waals surface area contributed by atoms with Gasteiger partial charge >= 0.3 is 0 Å². The average Bonchev–Trinajstić information content (AvgIpc) is 2.45. The maximum Gasteiger partial charge on any atom is 0.223 e. The van der Waals surface area contributed by atoms with Crippen molar-refractivity contribution in [3.8, 4) is 0 Å². The van der Waals surface area contributed by atoms with E-state index in [1.54, 1.807) is 11.8 Å². The highest BCUT2D eigenvalue weighted by Crippen LogP contribution is 2.27. The number of hydrogen-bond donors (Lipinski definition) is 1. The fourth-order valence-electron chi connectivity index (χ4n) is 2.29. The molecule has 1 aromatic carbocycles. The summed E-state index contributed by atoms with van der Waals surface area (Å²) in [6, 6.07) is 7.89. The van der Waals surface area contributed by atoms with E-state index in [9.17, 15) is 9.59 Å². The Morgan fingerprint density at radius 2 is 1.77 bits per heavy atom. The maximum atomic E-state index is 12.0. The molecule has 0 bridgehead atoms. The molecule has 22 heavy (non-hydrogen) atoms. The van der Waals surface area contributed by atoms with Crippen molar-refractivity contribution in [2.24, 2.45) is 5.92 Å². The molecule has 4 nitrogen and oxygen atoms in total. The van der Waals surface area contributed by atoms with Crippen molar-refractivity contribution in [1.82, 2.24) is 5.32 Å². The van der Waals surface area contributed by atoms with Gasteiger partial charge < -0.3 is 10.2 Å². The summed E-state index contributed by atoms with van der Waals surface area (Å²) in [7, 11) is 0. The Balaban J connectivity index is 2.79. The molecule has 0 heterocycles. The molecule has 1 N–H and O–H groups in total. The summed E-state index contributed by atoms with van der Waals surface area (Å²) in [5.74, 6) is 0.703. The molecule has 0 unspecified atom stereocenters. The number of carbonyl (C=O) groups is 2. The van der Waals surface area contributed by atoms with Gasteiger partial charge in [-0.2, -0.15) is 0 Å². The van der Waals surface area contributed by atoms with Gasteiger partial charge in [0, 0.05) is 32.1 Å². The summed E-state index contributed by atoms with van der Waals surface area (Å²) in [6.45, 7) is 10.9. The summed E-state index contributed by atoms with van der Waals surface area (Å²) in [6.07, 6.45) is 0.318. The second-order valence-electron chi connectivity index (χ2n) is 6.33. The van der Waals surface area contributed by atoms with Crippen LogP contribution in [0.2, 0.25) is 0 Å². The first-order valence-electron chi connectivity index (χ1n) is 7.96. The van der Waals surface area contributed by atoms with Crippen LogP contribution in [-0.4, -0.2) is 24.9 Å². The number of para-hydroxylation sites is 1. The fraction of sp³-hybridized carbons (Fsp3) is 0.556. The second kappa shape index (κ2) is 8.57. The number of nitrogens with one attached hydrogen (secondary N) is 1. The molecule has 122 valence electrons. The molecule has 4 heteroatoms. The molecule has 0 radical (unpaired) electrons. The SMILES string of the molecule is CC(=O)N(CCC(=O)NCC(C)C)c1ccccc1C(C)C. The third-order valence-electron chi connectivity index (χ3n) is 3.50. The minimum absolute atomic E-state index is 0.0121. The monoisotopic (exact) mass is 304 g/mol. The number of benzene rings is 1. The van der Waals surface area contributed by atoms with Crippen molar-refractivity contribution in [3.05, 3.63) is 29.8 Å². The van der Waals surface area contributed by atoms with E-state index in [0.29, 0.717) is 31.3 Å². The number of carbonyl (C=O) groups excluding carboxylic acids is 2. The minimum Gasteiger partial charge on any atom is -0.356 e. The first-order valence-corrected chi connectivity index (χ1v) is 7.96. The molecule has 0 spiro atoms. The van der Waals surface area contributed by atoms with Crippen LogP contribution in [0.15, 0.2) is 24.3 Å². The summed E-state index contributed by atoms with van der Waals surface area (Å²) in [5.41, 5.74) is 2.03. The van der Waals surface area contributed by atoms with Crippen LogP contribution in [0.5, 0.6) is 0 Å². The Labute approximate surface area is 133 Å². The van der Waals surface area contributed by atoms with Crippen molar-refractivity contribution in [1.29, 1.82) is 0 Å². The van der Waals surface area contributed by atoms with Gasteiger partial charge in [0.2, 0.25) is 11.8 Å². The molecule has 1 aromatic rings. The number of nitrogens with zero attached hydrogens (tertiary/aromatic N) is 1. The third kappa shape index (κ3) is 5.51. The van der Waals surface area contributed by atoms with Crippen LogP contribution < -0.4 is 10.2 Å². The molecule has 0 saturated heterocycles. The maximum absolute atomic E-state index is 12.0. The first-order chi connectivity index (χ1) is 10.3. The van der Waals surface area contributed by atoms with Gasteiger partial charge in [0.05, 0.1) is 0 Å². The smallest absolute Gasteiger partial charge is 0.223 e. The Morgan fingerprint density at radius 1 is 1.14 bits per heavy atom. The van der Waals surface area contributed by atoms with E-state index in [1.807, 2.05) is 24.3 Å². The van der Waals surface area contributed by atoms with E-state index in [-0.39, 0.29) is 11.8 Å². The lowest BCUT2D eigenvalue weighted by atomic mass is 10.0. The van der Waals surface area contributed by atoms with E-state index in [2.05, 4.69) is 33.0 Å². The standard InChI is InChI=1S/C18H28N2O2/c1-13(2)12-19-18(22)10-11-20(15(5)21)17-9-7-6-8-16(17)14(3)4/h6-9,13-14H,10-12H2,1-5H3,(H,19,22). The van der Waals surface area contributed by atoms with Gasteiger partial charge in [-0.05, 0) is 23.5 Å². The van der Waals surface area contributed by atoms with Crippen LogP contribution in [-0.2, 0) is 9.59 Å². The molecule has 2 amide bonds. The molecule has 1 rings (SSSR count). The predicted octanol–water partition coefficient (Wildman–Crippen LogP) is 3.33. The highest BCUT2D eigenvalue weighted by Gasteiger charge is 2.17. The molecule has 0 aliphatic carbocycles. The van der Waals surface area contributed by atoms with Gasteiger partial charge in [0.1, 0.15) is 0 Å². The van der Waals surface area contributed by atoms with Crippen LogP contribution in [0.3, 0.4) is 0 Å². The lowest BCUT2D eigenvalue weighted by molar-refractivity contribution is -0.121. The van der Waals surface area contributed by atoms with Crippen LogP contribution >= 0.6 is 0 Å². The number of hydrogen-bond acceptors (Lipinski definition) is 2. The Hall–Kier alpha value is -1.84. The predicted molar refractivity (Wildman–Crippen MR) is 91.0 cm³/mol. The third-order valence-corrected chi connectivity index (χ3v) is 3.50. The van der Waals surface area contributed by atoms with Gasteiger partial charge in [-0.3, -0.25) is 9.59 Å². The van der Waals surface area contributed by atoms with E-state index >= 15 is 0 Å². The zero-order valence-electron chi connectivity index (χ0n) is 14.3. The lowest BCUT2D eigenvalue weighted by Crippen LogP contribution is -2.35. The zero-order chi connectivity index (χ0) is 16.7. The van der Waals surface area contributed by atoms with Gasteiger partial charge in [-0.1, -0.05) is 45.9 Å². The van der Waals surface area contributed by atoms with Crippen molar-refractivity contribution in [2.45, 2.75) is 47.0 Å². The summed E-state index contributed by atoms with van der Waals surface area (Å²) < 4.78 is 0. The Morgan fingerprint density at radius 3 is 2.32 bits per heavy atom. The highest BCUT2D eigenvalue weighted by molar-refractivity contribution is 5.93. The zero-order valence-corrected chi connectivity index (χ0v) is 14.3. The van der Waals surface area contributed by atoms with Crippen LogP contribution in [0.25, 0.3) is 0 Å².